The van der Waals surface area contributed by atoms with Crippen LogP contribution in [0.15, 0.2) is 0 Å². The molecule has 1 aliphatic heterocycles. The molecule has 1 unspecified atom stereocenters. The number of carboxylic acid groups (broad SMARTS) is 2. The molecule has 0 aromatic rings. The number of nitrogens with zero attached hydrogens (tertiary/aromatic N) is 1. The van der Waals surface area contributed by atoms with E-state index in [4.69, 9.17) is 5.11 Å². The fourth-order valence-corrected chi connectivity index (χ4v) is 4.18. The van der Waals surface area contributed by atoms with Gasteiger partial charge < -0.3 is 10.2 Å². The van der Waals surface area contributed by atoms with Gasteiger partial charge in [-0.1, -0.05) is 6.92 Å². The number of rotatable bonds is 5. The molecule has 0 aromatic heterocycles. The van der Waals surface area contributed by atoms with Gasteiger partial charge in [-0.3, -0.25) is 14.5 Å². The summed E-state index contributed by atoms with van der Waals surface area (Å²) in [5.74, 6) is -2.93. The molecule has 1 rings (SSSR count). The second-order valence-electron chi connectivity index (χ2n) is 7.08. The lowest BCUT2D eigenvalue weighted by molar-refractivity contribution is -0.154. The van der Waals surface area contributed by atoms with Gasteiger partial charge in [-0.2, -0.15) is 0 Å². The molecule has 20 heavy (non-hydrogen) atoms. The average Bonchev–Trinajstić information content (AvgIpc) is 2.22. The Hall–Kier alpha value is -1.10. The highest BCUT2D eigenvalue weighted by Gasteiger charge is 2.47. The van der Waals surface area contributed by atoms with Crippen LogP contribution >= 0.6 is 0 Å². The fourth-order valence-electron chi connectivity index (χ4n) is 4.18. The monoisotopic (exact) mass is 285 g/mol. The molecule has 1 heterocycles. The van der Waals surface area contributed by atoms with Crippen molar-refractivity contribution in [2.75, 3.05) is 6.54 Å². The van der Waals surface area contributed by atoms with Crippen molar-refractivity contribution >= 4 is 11.9 Å². The summed E-state index contributed by atoms with van der Waals surface area (Å²) < 4.78 is 0. The van der Waals surface area contributed by atoms with Gasteiger partial charge in [-0.05, 0) is 53.0 Å². The number of hydrogen-bond acceptors (Lipinski definition) is 3. The zero-order valence-corrected chi connectivity index (χ0v) is 13.1. The van der Waals surface area contributed by atoms with Crippen molar-refractivity contribution < 1.29 is 19.8 Å². The van der Waals surface area contributed by atoms with Crippen molar-refractivity contribution in [3.63, 3.8) is 0 Å². The number of piperidine rings is 1. The first-order valence-electron chi connectivity index (χ1n) is 7.23. The first kappa shape index (κ1) is 17.0. The van der Waals surface area contributed by atoms with Gasteiger partial charge in [0.1, 0.15) is 0 Å². The van der Waals surface area contributed by atoms with Gasteiger partial charge >= 0.3 is 11.9 Å². The summed E-state index contributed by atoms with van der Waals surface area (Å²) in [6.07, 6.45) is 1.14. The molecule has 0 amide bonds. The smallest absolute Gasteiger partial charge is 0.307 e. The van der Waals surface area contributed by atoms with E-state index >= 15 is 0 Å². The third-order valence-electron chi connectivity index (χ3n) is 4.58. The third-order valence-corrected chi connectivity index (χ3v) is 4.58. The molecule has 0 radical (unpaired) electrons. The molecular formula is C15H27NO4. The van der Waals surface area contributed by atoms with Crippen molar-refractivity contribution in [3.8, 4) is 0 Å². The fraction of sp³-hybridized carbons (Fsp3) is 0.867. The number of hydrogen-bond donors (Lipinski definition) is 2. The van der Waals surface area contributed by atoms with Crippen LogP contribution in [0.3, 0.4) is 0 Å². The Balaban J connectivity index is 3.03. The molecule has 0 spiro atoms. The summed E-state index contributed by atoms with van der Waals surface area (Å²) in [5.41, 5.74) is -0.235. The Bertz CT molecular complexity index is 371. The van der Waals surface area contributed by atoms with Crippen LogP contribution in [0.25, 0.3) is 0 Å². The molecule has 0 aromatic carbocycles. The van der Waals surface area contributed by atoms with E-state index in [2.05, 4.69) is 39.5 Å². The molecule has 1 saturated heterocycles. The maximum Gasteiger partial charge on any atom is 0.307 e. The van der Waals surface area contributed by atoms with Crippen molar-refractivity contribution in [2.24, 2.45) is 11.8 Å². The summed E-state index contributed by atoms with van der Waals surface area (Å²) in [6.45, 7) is 11.5. The topological polar surface area (TPSA) is 77.8 Å². The van der Waals surface area contributed by atoms with Crippen molar-refractivity contribution in [1.82, 2.24) is 4.90 Å². The molecule has 0 bridgehead atoms. The molecule has 0 saturated carbocycles. The van der Waals surface area contributed by atoms with Gasteiger partial charge in [0, 0.05) is 11.1 Å². The molecule has 0 aliphatic carbocycles. The largest absolute Gasteiger partial charge is 0.481 e. The Labute approximate surface area is 121 Å². The minimum atomic E-state index is -1.04. The predicted octanol–water partition coefficient (Wildman–Crippen LogP) is 2.45. The normalized spacial score (nSPS) is 24.2. The molecule has 5 heteroatoms. The van der Waals surface area contributed by atoms with E-state index in [1.165, 1.54) is 0 Å². The molecule has 5 nitrogen and oxygen atoms in total. The second-order valence-corrected chi connectivity index (χ2v) is 7.08. The standard InChI is InChI=1S/C15H27NO4/c1-6-16-14(2,3)8-10(9-15(16,4)5)11(13(19)20)7-12(17)18/h10-11H,6-9H2,1-5H3,(H,17,18)(H,19,20). The van der Waals surface area contributed by atoms with E-state index in [0.717, 1.165) is 6.54 Å². The van der Waals surface area contributed by atoms with Crippen molar-refractivity contribution in [1.29, 1.82) is 0 Å². The van der Waals surface area contributed by atoms with Crippen molar-refractivity contribution in [3.05, 3.63) is 0 Å². The quantitative estimate of drug-likeness (QED) is 0.811. The summed E-state index contributed by atoms with van der Waals surface area (Å²) in [7, 11) is 0. The van der Waals surface area contributed by atoms with E-state index in [1.54, 1.807) is 0 Å². The van der Waals surface area contributed by atoms with Crippen LogP contribution in [0.4, 0.5) is 0 Å². The van der Waals surface area contributed by atoms with E-state index in [-0.39, 0.29) is 23.4 Å². The third kappa shape index (κ3) is 3.51. The van der Waals surface area contributed by atoms with E-state index in [1.807, 2.05) is 0 Å². The first-order valence-corrected chi connectivity index (χ1v) is 7.23. The molecule has 1 atom stereocenters. The molecule has 116 valence electrons. The maximum atomic E-state index is 11.4. The van der Waals surface area contributed by atoms with Crippen molar-refractivity contribution in [2.45, 2.75) is 65.0 Å². The van der Waals surface area contributed by atoms with E-state index in [9.17, 15) is 14.7 Å². The van der Waals surface area contributed by atoms with E-state index < -0.39 is 17.9 Å². The SMILES string of the molecule is CCN1C(C)(C)CC(C(CC(=O)O)C(=O)O)CC1(C)C. The minimum Gasteiger partial charge on any atom is -0.481 e. The Kier molecular flexibility index (Phi) is 4.85. The number of carboxylic acids is 2. The second kappa shape index (κ2) is 5.72. The van der Waals surface area contributed by atoms with Crippen LogP contribution in [0.1, 0.15) is 53.9 Å². The Morgan fingerprint density at radius 3 is 1.90 bits per heavy atom. The highest BCUT2D eigenvalue weighted by molar-refractivity contribution is 5.78. The van der Waals surface area contributed by atoms with Crippen LogP contribution in [-0.4, -0.2) is 44.7 Å². The molecular weight excluding hydrogens is 258 g/mol. The molecule has 1 aliphatic rings. The number of likely N-dealkylation sites (tertiary alicyclic amines) is 1. The Morgan fingerprint density at radius 2 is 1.60 bits per heavy atom. The summed E-state index contributed by atoms with van der Waals surface area (Å²) >= 11 is 0. The van der Waals surface area contributed by atoms with Crippen LogP contribution in [0, 0.1) is 11.8 Å². The van der Waals surface area contributed by atoms with Crippen LogP contribution in [0.2, 0.25) is 0 Å². The van der Waals surface area contributed by atoms with E-state index in [0.29, 0.717) is 12.8 Å². The van der Waals surface area contributed by atoms with Gasteiger partial charge in [0.15, 0.2) is 0 Å². The van der Waals surface area contributed by atoms with Gasteiger partial charge in [0.05, 0.1) is 12.3 Å². The maximum absolute atomic E-state index is 11.4. The summed E-state index contributed by atoms with van der Waals surface area (Å²) in [6, 6.07) is 0. The zero-order valence-electron chi connectivity index (χ0n) is 13.1. The van der Waals surface area contributed by atoms with Gasteiger partial charge in [0.25, 0.3) is 0 Å². The lowest BCUT2D eigenvalue weighted by atomic mass is 9.68. The van der Waals surface area contributed by atoms with Gasteiger partial charge in [-0.15, -0.1) is 0 Å². The Morgan fingerprint density at radius 1 is 1.15 bits per heavy atom. The predicted molar refractivity (Wildman–Crippen MR) is 76.6 cm³/mol. The van der Waals surface area contributed by atoms with Gasteiger partial charge in [0.2, 0.25) is 0 Å². The highest BCUT2D eigenvalue weighted by atomic mass is 16.4. The van der Waals surface area contributed by atoms with Crippen LogP contribution < -0.4 is 0 Å². The van der Waals surface area contributed by atoms with Crippen LogP contribution in [-0.2, 0) is 9.59 Å². The zero-order chi connectivity index (χ0) is 15.7. The van der Waals surface area contributed by atoms with Crippen LogP contribution in [0.5, 0.6) is 0 Å². The van der Waals surface area contributed by atoms with Gasteiger partial charge in [-0.25, -0.2) is 0 Å². The number of aliphatic carboxylic acids is 2. The average molecular weight is 285 g/mol. The number of carbonyl (C=O) groups is 2. The summed E-state index contributed by atoms with van der Waals surface area (Å²) in [4.78, 5) is 24.7. The molecule has 1 fully saturated rings. The molecule has 2 N–H and O–H groups in total. The lowest BCUT2D eigenvalue weighted by Crippen LogP contribution is -2.61. The summed E-state index contributed by atoms with van der Waals surface area (Å²) in [5, 5.41) is 18.3. The first-order chi connectivity index (χ1) is 9.01. The lowest BCUT2D eigenvalue weighted by Gasteiger charge is -2.56. The minimum absolute atomic E-state index is 0.101. The highest BCUT2D eigenvalue weighted by Crippen LogP contribution is 2.44.